The molecule has 0 saturated carbocycles. The van der Waals surface area contributed by atoms with Gasteiger partial charge in [0.15, 0.2) is 0 Å². The number of amides is 3. The molecule has 0 radical (unpaired) electrons. The summed E-state index contributed by atoms with van der Waals surface area (Å²) >= 11 is 5.90. The predicted molar refractivity (Wildman–Crippen MR) is 88.2 cm³/mol. The second kappa shape index (κ2) is 7.44. The van der Waals surface area contributed by atoms with Crippen LogP contribution in [0.25, 0.3) is 0 Å². The number of rotatable bonds is 4. The van der Waals surface area contributed by atoms with E-state index in [1.165, 1.54) is 6.07 Å². The maximum absolute atomic E-state index is 12.0. The molecule has 0 spiro atoms. The van der Waals surface area contributed by atoms with Gasteiger partial charge in [0.25, 0.3) is 0 Å². The van der Waals surface area contributed by atoms with Crippen LogP contribution in [-0.2, 0) is 4.79 Å². The zero-order valence-corrected chi connectivity index (χ0v) is 12.4. The molecule has 0 fully saturated rings. The van der Waals surface area contributed by atoms with Crippen LogP contribution in [-0.4, -0.2) is 18.5 Å². The quantitative estimate of drug-likeness (QED) is 0.698. The molecule has 2 aromatic rings. The van der Waals surface area contributed by atoms with Gasteiger partial charge in [-0.05, 0) is 30.3 Å². The Morgan fingerprint density at radius 3 is 2.36 bits per heavy atom. The van der Waals surface area contributed by atoms with E-state index in [0.29, 0.717) is 22.1 Å². The molecule has 0 atom stereocenters. The number of benzene rings is 2. The molecule has 2 aromatic carbocycles. The summed E-state index contributed by atoms with van der Waals surface area (Å²) in [5.41, 5.74) is 6.72. The summed E-state index contributed by atoms with van der Waals surface area (Å²) in [6.45, 7) is -0.165. The third kappa shape index (κ3) is 4.47. The van der Waals surface area contributed by atoms with Crippen LogP contribution in [0.1, 0.15) is 0 Å². The van der Waals surface area contributed by atoms with Crippen LogP contribution < -0.4 is 21.7 Å². The second-order valence-electron chi connectivity index (χ2n) is 4.39. The zero-order valence-electron chi connectivity index (χ0n) is 11.6. The summed E-state index contributed by atoms with van der Waals surface area (Å²) in [5.74, 6) is -0.381. The van der Waals surface area contributed by atoms with Crippen molar-refractivity contribution in [3.8, 4) is 0 Å². The van der Waals surface area contributed by atoms with E-state index in [1.807, 2.05) is 18.2 Å². The van der Waals surface area contributed by atoms with Crippen molar-refractivity contribution in [3.05, 3.63) is 53.6 Å². The van der Waals surface area contributed by atoms with Crippen molar-refractivity contribution in [2.24, 2.45) is 5.73 Å². The smallest absolute Gasteiger partial charge is 0.323 e. The van der Waals surface area contributed by atoms with Crippen molar-refractivity contribution in [2.45, 2.75) is 0 Å². The Kier molecular flexibility index (Phi) is 5.35. The van der Waals surface area contributed by atoms with Crippen molar-refractivity contribution in [1.82, 2.24) is 0 Å². The number of carbonyl (C=O) groups is 2. The largest absolute Gasteiger partial charge is 0.323 e. The molecule has 7 heteroatoms. The Morgan fingerprint density at radius 1 is 0.955 bits per heavy atom. The number of nitrogens with one attached hydrogen (secondary N) is 3. The molecule has 0 aromatic heterocycles. The van der Waals surface area contributed by atoms with Gasteiger partial charge >= 0.3 is 6.03 Å². The summed E-state index contributed by atoms with van der Waals surface area (Å²) in [6, 6.07) is 13.3. The van der Waals surface area contributed by atoms with Crippen molar-refractivity contribution in [3.63, 3.8) is 0 Å². The molecular formula is C15H15ClN4O2. The first-order valence-corrected chi connectivity index (χ1v) is 6.89. The molecule has 2 rings (SSSR count). The molecule has 0 aliphatic rings. The summed E-state index contributed by atoms with van der Waals surface area (Å²) in [7, 11) is 0. The van der Waals surface area contributed by atoms with Crippen molar-refractivity contribution in [2.75, 3.05) is 22.5 Å². The fraction of sp³-hybridized carbons (Fsp3) is 0.0667. The number of urea groups is 1. The Bertz CT molecular complexity index is 676. The van der Waals surface area contributed by atoms with E-state index in [-0.39, 0.29) is 12.5 Å². The highest BCUT2D eigenvalue weighted by Gasteiger charge is 2.10. The van der Waals surface area contributed by atoms with E-state index in [0.717, 1.165) is 0 Å². The number of hydrogen-bond donors (Lipinski definition) is 4. The van der Waals surface area contributed by atoms with Crippen LogP contribution >= 0.6 is 11.6 Å². The predicted octanol–water partition coefficient (Wildman–Crippen LogP) is 2.88. The molecule has 22 heavy (non-hydrogen) atoms. The molecular weight excluding hydrogens is 304 g/mol. The summed E-state index contributed by atoms with van der Waals surface area (Å²) in [5, 5.41) is 8.34. The average Bonchev–Trinajstić information content (AvgIpc) is 2.51. The van der Waals surface area contributed by atoms with Crippen molar-refractivity contribution >= 4 is 40.6 Å². The maximum atomic E-state index is 12.0. The number of halogens is 1. The lowest BCUT2D eigenvalue weighted by Gasteiger charge is -2.13. The van der Waals surface area contributed by atoms with E-state index >= 15 is 0 Å². The normalized spacial score (nSPS) is 9.91. The third-order valence-corrected chi connectivity index (χ3v) is 2.96. The Labute approximate surface area is 132 Å². The SMILES string of the molecule is NCC(=O)Nc1cc(Cl)ccc1NC(=O)Nc1ccccc1. The lowest BCUT2D eigenvalue weighted by molar-refractivity contribution is -0.114. The minimum absolute atomic E-state index is 0.165. The number of para-hydroxylation sites is 1. The molecule has 5 N–H and O–H groups in total. The van der Waals surface area contributed by atoms with Crippen LogP contribution in [0.5, 0.6) is 0 Å². The van der Waals surface area contributed by atoms with Gasteiger partial charge in [0.2, 0.25) is 5.91 Å². The van der Waals surface area contributed by atoms with Crippen LogP contribution in [0.4, 0.5) is 21.9 Å². The first-order valence-electron chi connectivity index (χ1n) is 6.51. The minimum Gasteiger partial charge on any atom is -0.323 e. The van der Waals surface area contributed by atoms with Crippen LogP contribution in [0.15, 0.2) is 48.5 Å². The lowest BCUT2D eigenvalue weighted by Crippen LogP contribution is -2.24. The lowest BCUT2D eigenvalue weighted by atomic mass is 10.2. The highest BCUT2D eigenvalue weighted by Crippen LogP contribution is 2.26. The monoisotopic (exact) mass is 318 g/mol. The van der Waals surface area contributed by atoms with Gasteiger partial charge in [0, 0.05) is 10.7 Å². The Balaban J connectivity index is 2.11. The van der Waals surface area contributed by atoms with Gasteiger partial charge in [-0.15, -0.1) is 0 Å². The van der Waals surface area contributed by atoms with Gasteiger partial charge in [-0.3, -0.25) is 4.79 Å². The molecule has 0 aliphatic heterocycles. The van der Waals surface area contributed by atoms with Gasteiger partial charge in [-0.2, -0.15) is 0 Å². The van der Waals surface area contributed by atoms with Gasteiger partial charge < -0.3 is 21.7 Å². The van der Waals surface area contributed by atoms with Crippen LogP contribution in [0, 0.1) is 0 Å². The molecule has 0 saturated heterocycles. The molecule has 0 heterocycles. The van der Waals surface area contributed by atoms with Gasteiger partial charge in [-0.1, -0.05) is 29.8 Å². The minimum atomic E-state index is -0.434. The number of anilines is 3. The fourth-order valence-electron chi connectivity index (χ4n) is 1.74. The molecule has 3 amide bonds. The van der Waals surface area contributed by atoms with E-state index in [1.54, 1.807) is 24.3 Å². The van der Waals surface area contributed by atoms with Gasteiger partial charge in [-0.25, -0.2) is 4.79 Å². The van der Waals surface area contributed by atoms with Gasteiger partial charge in [0.05, 0.1) is 17.9 Å². The van der Waals surface area contributed by atoms with Crippen molar-refractivity contribution in [1.29, 1.82) is 0 Å². The highest BCUT2D eigenvalue weighted by molar-refractivity contribution is 6.31. The molecule has 0 unspecified atom stereocenters. The molecule has 6 nitrogen and oxygen atoms in total. The number of nitrogens with two attached hydrogens (primary N) is 1. The summed E-state index contributed by atoms with van der Waals surface area (Å²) in [6.07, 6.45) is 0. The van der Waals surface area contributed by atoms with E-state index in [2.05, 4.69) is 16.0 Å². The number of carbonyl (C=O) groups excluding carboxylic acids is 2. The highest BCUT2D eigenvalue weighted by atomic mass is 35.5. The van der Waals surface area contributed by atoms with Crippen LogP contribution in [0.2, 0.25) is 5.02 Å². The summed E-state index contributed by atoms with van der Waals surface area (Å²) < 4.78 is 0. The van der Waals surface area contributed by atoms with Gasteiger partial charge in [0.1, 0.15) is 0 Å². The first kappa shape index (κ1) is 15.8. The van der Waals surface area contributed by atoms with E-state index in [9.17, 15) is 9.59 Å². The standard InChI is InChI=1S/C15H15ClN4O2/c16-10-6-7-12(13(8-10)19-14(21)9-17)20-15(22)18-11-4-2-1-3-5-11/h1-8H,9,17H2,(H,19,21)(H2,18,20,22). The Hall–Kier alpha value is -2.57. The molecule has 0 bridgehead atoms. The zero-order chi connectivity index (χ0) is 15.9. The molecule has 114 valence electrons. The molecule has 0 aliphatic carbocycles. The van der Waals surface area contributed by atoms with E-state index < -0.39 is 6.03 Å². The average molecular weight is 319 g/mol. The number of hydrogen-bond acceptors (Lipinski definition) is 3. The fourth-order valence-corrected chi connectivity index (χ4v) is 1.91. The van der Waals surface area contributed by atoms with Crippen molar-refractivity contribution < 1.29 is 9.59 Å². The van der Waals surface area contributed by atoms with Crippen LogP contribution in [0.3, 0.4) is 0 Å². The maximum Gasteiger partial charge on any atom is 0.323 e. The first-order chi connectivity index (χ1) is 10.6. The second-order valence-corrected chi connectivity index (χ2v) is 4.82. The summed E-state index contributed by atoms with van der Waals surface area (Å²) in [4.78, 5) is 23.4. The van der Waals surface area contributed by atoms with E-state index in [4.69, 9.17) is 17.3 Å². The Morgan fingerprint density at radius 2 is 1.68 bits per heavy atom. The topological polar surface area (TPSA) is 96.2 Å². The third-order valence-electron chi connectivity index (χ3n) is 2.72.